The van der Waals surface area contributed by atoms with Gasteiger partial charge in [0.1, 0.15) is 0 Å². The molecule has 102 valence electrons. The average molecular weight is 261 g/mol. The molecule has 1 fully saturated rings. The number of hydrogen-bond acceptors (Lipinski definition) is 2. The predicted molar refractivity (Wildman–Crippen MR) is 71.7 cm³/mol. The molecule has 1 heterocycles. The van der Waals surface area contributed by atoms with Gasteiger partial charge in [-0.1, -0.05) is 30.3 Å². The molecular formula is C15H19NO3. The largest absolute Gasteiger partial charge is 0.481 e. The van der Waals surface area contributed by atoms with Crippen LogP contribution >= 0.6 is 0 Å². The Hall–Kier alpha value is -1.84. The third-order valence-electron chi connectivity index (χ3n) is 3.59. The van der Waals surface area contributed by atoms with Crippen LogP contribution in [0.15, 0.2) is 30.3 Å². The second-order valence-corrected chi connectivity index (χ2v) is 5.00. The average Bonchev–Trinajstić information content (AvgIpc) is 2.46. The number of carboxylic acids is 1. The first-order valence-corrected chi connectivity index (χ1v) is 6.71. The van der Waals surface area contributed by atoms with Crippen LogP contribution in [-0.4, -0.2) is 35.0 Å². The first-order chi connectivity index (χ1) is 9.16. The van der Waals surface area contributed by atoms with E-state index in [-0.39, 0.29) is 5.91 Å². The van der Waals surface area contributed by atoms with Gasteiger partial charge in [0.05, 0.1) is 5.92 Å². The highest BCUT2D eigenvalue weighted by Crippen LogP contribution is 2.17. The Morgan fingerprint density at radius 2 is 2.00 bits per heavy atom. The van der Waals surface area contributed by atoms with Gasteiger partial charge in [-0.15, -0.1) is 0 Å². The SMILES string of the molecule is O=C(O)[C@@H]1CCCN(C(=O)CCc2ccccc2)C1. The molecule has 19 heavy (non-hydrogen) atoms. The van der Waals surface area contributed by atoms with Gasteiger partial charge < -0.3 is 10.0 Å². The fourth-order valence-electron chi connectivity index (χ4n) is 2.46. The van der Waals surface area contributed by atoms with Crippen molar-refractivity contribution in [2.24, 2.45) is 5.92 Å². The number of aliphatic carboxylic acids is 1. The van der Waals surface area contributed by atoms with Crippen molar-refractivity contribution in [3.05, 3.63) is 35.9 Å². The summed E-state index contributed by atoms with van der Waals surface area (Å²) in [7, 11) is 0. The minimum atomic E-state index is -0.791. The molecule has 1 saturated heterocycles. The number of amides is 1. The van der Waals surface area contributed by atoms with Crippen LogP contribution in [0.1, 0.15) is 24.8 Å². The van der Waals surface area contributed by atoms with E-state index in [1.165, 1.54) is 0 Å². The van der Waals surface area contributed by atoms with Crippen molar-refractivity contribution in [1.29, 1.82) is 0 Å². The summed E-state index contributed by atoms with van der Waals surface area (Å²) in [5, 5.41) is 9.01. The quantitative estimate of drug-likeness (QED) is 0.901. The van der Waals surface area contributed by atoms with E-state index in [0.717, 1.165) is 12.0 Å². The van der Waals surface area contributed by atoms with E-state index in [2.05, 4.69) is 0 Å². The maximum atomic E-state index is 12.1. The fraction of sp³-hybridized carbons (Fsp3) is 0.467. The predicted octanol–water partition coefficient (Wildman–Crippen LogP) is 1.94. The summed E-state index contributed by atoms with van der Waals surface area (Å²) in [4.78, 5) is 24.7. The number of hydrogen-bond donors (Lipinski definition) is 1. The molecule has 1 aliphatic heterocycles. The van der Waals surface area contributed by atoms with E-state index in [9.17, 15) is 9.59 Å². The summed E-state index contributed by atoms with van der Waals surface area (Å²) in [6.07, 6.45) is 2.64. The molecule has 0 spiro atoms. The van der Waals surface area contributed by atoms with Crippen molar-refractivity contribution < 1.29 is 14.7 Å². The van der Waals surface area contributed by atoms with Crippen LogP contribution in [0.2, 0.25) is 0 Å². The number of rotatable bonds is 4. The molecule has 0 radical (unpaired) electrons. The zero-order valence-corrected chi connectivity index (χ0v) is 10.9. The van der Waals surface area contributed by atoms with Gasteiger partial charge in [0.25, 0.3) is 0 Å². The highest BCUT2D eigenvalue weighted by molar-refractivity contribution is 5.78. The van der Waals surface area contributed by atoms with Crippen LogP contribution in [0.25, 0.3) is 0 Å². The number of carbonyl (C=O) groups excluding carboxylic acids is 1. The lowest BCUT2D eigenvalue weighted by Gasteiger charge is -2.30. The minimum absolute atomic E-state index is 0.0646. The van der Waals surface area contributed by atoms with Gasteiger partial charge in [-0.2, -0.15) is 0 Å². The van der Waals surface area contributed by atoms with Crippen molar-refractivity contribution in [2.45, 2.75) is 25.7 Å². The summed E-state index contributed by atoms with van der Waals surface area (Å²) in [6, 6.07) is 9.88. The van der Waals surface area contributed by atoms with Crippen LogP contribution in [0.3, 0.4) is 0 Å². The number of piperidine rings is 1. The topological polar surface area (TPSA) is 57.6 Å². The lowest BCUT2D eigenvalue weighted by molar-refractivity contribution is -0.145. The molecule has 4 heteroatoms. The molecule has 0 aromatic heterocycles. The van der Waals surface area contributed by atoms with Crippen LogP contribution in [0, 0.1) is 5.92 Å². The second-order valence-electron chi connectivity index (χ2n) is 5.00. The minimum Gasteiger partial charge on any atom is -0.481 e. The molecule has 0 aliphatic carbocycles. The van der Waals surface area contributed by atoms with Crippen molar-refractivity contribution in [1.82, 2.24) is 4.90 Å². The van der Waals surface area contributed by atoms with Crippen molar-refractivity contribution >= 4 is 11.9 Å². The maximum absolute atomic E-state index is 12.1. The van der Waals surface area contributed by atoms with Crippen molar-refractivity contribution in [3.8, 4) is 0 Å². The Bertz CT molecular complexity index is 444. The van der Waals surface area contributed by atoms with Gasteiger partial charge >= 0.3 is 5.97 Å². The second kappa shape index (κ2) is 6.36. The molecule has 1 atom stereocenters. The molecule has 1 aromatic carbocycles. The van der Waals surface area contributed by atoms with E-state index < -0.39 is 11.9 Å². The first-order valence-electron chi connectivity index (χ1n) is 6.71. The molecule has 0 saturated carbocycles. The number of benzene rings is 1. The number of aryl methyl sites for hydroxylation is 1. The van der Waals surface area contributed by atoms with Gasteiger partial charge in [-0.25, -0.2) is 0 Å². The molecule has 1 aromatic rings. The van der Waals surface area contributed by atoms with E-state index in [1.807, 2.05) is 30.3 Å². The summed E-state index contributed by atoms with van der Waals surface area (Å²) in [5.74, 6) is -1.12. The van der Waals surface area contributed by atoms with Crippen molar-refractivity contribution in [2.75, 3.05) is 13.1 Å². The van der Waals surface area contributed by atoms with Gasteiger partial charge in [-0.3, -0.25) is 9.59 Å². The summed E-state index contributed by atoms with van der Waals surface area (Å²) < 4.78 is 0. The van der Waals surface area contributed by atoms with Crippen LogP contribution in [0.5, 0.6) is 0 Å². The normalized spacial score (nSPS) is 19.2. The van der Waals surface area contributed by atoms with Crippen LogP contribution in [0.4, 0.5) is 0 Å². The molecule has 4 nitrogen and oxygen atoms in total. The summed E-state index contributed by atoms with van der Waals surface area (Å²) in [5.41, 5.74) is 1.14. The Morgan fingerprint density at radius 3 is 2.68 bits per heavy atom. The maximum Gasteiger partial charge on any atom is 0.308 e. The number of nitrogens with zero attached hydrogens (tertiary/aromatic N) is 1. The number of carbonyl (C=O) groups is 2. The molecule has 1 N–H and O–H groups in total. The highest BCUT2D eigenvalue weighted by atomic mass is 16.4. The lowest BCUT2D eigenvalue weighted by Crippen LogP contribution is -2.42. The number of carboxylic acid groups (broad SMARTS) is 1. The van der Waals surface area contributed by atoms with E-state index in [1.54, 1.807) is 4.90 Å². The first kappa shape index (κ1) is 13.6. The molecular weight excluding hydrogens is 242 g/mol. The standard InChI is InChI=1S/C15H19NO3/c17-14(9-8-12-5-2-1-3-6-12)16-10-4-7-13(11-16)15(18)19/h1-3,5-6,13H,4,7-11H2,(H,18,19)/t13-/m1/s1. The highest BCUT2D eigenvalue weighted by Gasteiger charge is 2.27. The summed E-state index contributed by atoms with van der Waals surface area (Å²) >= 11 is 0. The molecule has 1 aliphatic rings. The Kier molecular flexibility index (Phi) is 4.55. The molecule has 2 rings (SSSR count). The van der Waals surface area contributed by atoms with E-state index in [4.69, 9.17) is 5.11 Å². The molecule has 1 amide bonds. The van der Waals surface area contributed by atoms with Gasteiger partial charge in [0.15, 0.2) is 0 Å². The van der Waals surface area contributed by atoms with Crippen molar-refractivity contribution in [3.63, 3.8) is 0 Å². The monoisotopic (exact) mass is 261 g/mol. The van der Waals surface area contributed by atoms with Gasteiger partial charge in [-0.05, 0) is 24.8 Å². The zero-order chi connectivity index (χ0) is 13.7. The Balaban J connectivity index is 1.84. The third-order valence-corrected chi connectivity index (χ3v) is 3.59. The molecule has 0 unspecified atom stereocenters. The Morgan fingerprint density at radius 1 is 1.26 bits per heavy atom. The van der Waals surface area contributed by atoms with Gasteiger partial charge in [0.2, 0.25) is 5.91 Å². The zero-order valence-electron chi connectivity index (χ0n) is 10.9. The smallest absolute Gasteiger partial charge is 0.308 e. The fourth-order valence-corrected chi connectivity index (χ4v) is 2.46. The molecule has 0 bridgehead atoms. The lowest BCUT2D eigenvalue weighted by atomic mass is 9.97. The Labute approximate surface area is 113 Å². The van der Waals surface area contributed by atoms with E-state index in [0.29, 0.717) is 32.4 Å². The van der Waals surface area contributed by atoms with Crippen LogP contribution < -0.4 is 0 Å². The summed E-state index contributed by atoms with van der Waals surface area (Å²) in [6.45, 7) is 1.06. The van der Waals surface area contributed by atoms with Crippen LogP contribution in [-0.2, 0) is 16.0 Å². The van der Waals surface area contributed by atoms with E-state index >= 15 is 0 Å². The number of likely N-dealkylation sites (tertiary alicyclic amines) is 1. The van der Waals surface area contributed by atoms with Gasteiger partial charge in [0, 0.05) is 19.5 Å². The third kappa shape index (κ3) is 3.81.